The number of rotatable bonds is 5. The first-order valence-corrected chi connectivity index (χ1v) is 12.6. The summed E-state index contributed by atoms with van der Waals surface area (Å²) < 4.78 is 2.72. The summed E-state index contributed by atoms with van der Waals surface area (Å²) in [5.41, 5.74) is 1.35. The first-order valence-electron chi connectivity index (χ1n) is 11.8. The Labute approximate surface area is 206 Å². The Balaban J connectivity index is 1.77. The summed E-state index contributed by atoms with van der Waals surface area (Å²) >= 11 is 1.34. The Morgan fingerprint density at radius 3 is 2.71 bits per heavy atom. The Morgan fingerprint density at radius 1 is 1.23 bits per heavy atom. The minimum Gasteiger partial charge on any atom is -0.391 e. The summed E-state index contributed by atoms with van der Waals surface area (Å²) in [5.74, 6) is -0.0935. The van der Waals surface area contributed by atoms with Crippen molar-refractivity contribution in [3.63, 3.8) is 0 Å². The Morgan fingerprint density at radius 2 is 2.00 bits per heavy atom. The molecule has 4 aromatic rings. The van der Waals surface area contributed by atoms with E-state index >= 15 is 0 Å². The first-order chi connectivity index (χ1) is 16.8. The molecule has 3 aromatic heterocycles. The van der Waals surface area contributed by atoms with Crippen LogP contribution in [0.1, 0.15) is 41.1 Å². The van der Waals surface area contributed by atoms with E-state index in [9.17, 15) is 19.5 Å². The minimum atomic E-state index is -0.571. The lowest BCUT2D eigenvalue weighted by atomic mass is 10.0. The van der Waals surface area contributed by atoms with Gasteiger partial charge in [0.2, 0.25) is 0 Å². The van der Waals surface area contributed by atoms with E-state index in [0.29, 0.717) is 36.3 Å². The quantitative estimate of drug-likeness (QED) is 0.462. The molecule has 4 heterocycles. The maximum absolute atomic E-state index is 13.8. The summed E-state index contributed by atoms with van der Waals surface area (Å²) in [7, 11) is 1.46. The molecule has 8 nitrogen and oxygen atoms in total. The number of hydrogen-bond acceptors (Lipinski definition) is 6. The lowest BCUT2D eigenvalue weighted by Crippen LogP contribution is -2.39. The van der Waals surface area contributed by atoms with Crippen LogP contribution in [-0.2, 0) is 20.0 Å². The lowest BCUT2D eigenvalue weighted by Gasteiger charge is -2.17. The zero-order valence-corrected chi connectivity index (χ0v) is 20.8. The molecule has 1 atom stereocenters. The van der Waals surface area contributed by atoms with Crippen molar-refractivity contribution in [3.05, 3.63) is 73.4 Å². The van der Waals surface area contributed by atoms with Gasteiger partial charge >= 0.3 is 5.69 Å². The maximum atomic E-state index is 13.8. The van der Waals surface area contributed by atoms with Crippen LogP contribution < -0.4 is 11.2 Å². The van der Waals surface area contributed by atoms with Crippen LogP contribution in [0.4, 0.5) is 0 Å². The van der Waals surface area contributed by atoms with Gasteiger partial charge in [-0.05, 0) is 30.0 Å². The van der Waals surface area contributed by atoms with Crippen molar-refractivity contribution in [3.8, 4) is 0 Å². The summed E-state index contributed by atoms with van der Waals surface area (Å²) in [4.78, 5) is 47.6. The second-order valence-corrected chi connectivity index (χ2v) is 10.7. The van der Waals surface area contributed by atoms with Gasteiger partial charge in [0, 0.05) is 49.6 Å². The number of aliphatic hydroxyl groups excluding tert-OH is 1. The van der Waals surface area contributed by atoms with Gasteiger partial charge in [0.05, 0.1) is 22.6 Å². The van der Waals surface area contributed by atoms with E-state index < -0.39 is 11.7 Å². The Kier molecular flexibility index (Phi) is 6.06. The van der Waals surface area contributed by atoms with Gasteiger partial charge in [-0.15, -0.1) is 11.3 Å². The molecule has 1 saturated heterocycles. The maximum Gasteiger partial charge on any atom is 0.331 e. The predicted octanol–water partition coefficient (Wildman–Crippen LogP) is 2.76. The highest BCUT2D eigenvalue weighted by atomic mass is 32.1. The van der Waals surface area contributed by atoms with Crippen molar-refractivity contribution in [2.45, 2.75) is 39.3 Å². The van der Waals surface area contributed by atoms with Gasteiger partial charge in [-0.3, -0.25) is 23.7 Å². The number of pyridine rings is 1. The highest BCUT2D eigenvalue weighted by Gasteiger charge is 2.32. The van der Waals surface area contributed by atoms with E-state index in [2.05, 4.69) is 4.98 Å². The SMILES string of the molecule is CC(C)Cn1c(=O)n(C)c(=O)c2c(C(=O)N3CC[C@@H](O)C3)c(Cc3ccnc4ccccc34)sc21. The van der Waals surface area contributed by atoms with Gasteiger partial charge in [0.1, 0.15) is 4.83 Å². The summed E-state index contributed by atoms with van der Waals surface area (Å²) in [5, 5.41) is 11.3. The van der Waals surface area contributed by atoms with E-state index in [1.807, 2.05) is 44.2 Å². The topological polar surface area (TPSA) is 97.4 Å². The number of fused-ring (bicyclic) bond motifs is 2. The van der Waals surface area contributed by atoms with E-state index in [1.165, 1.54) is 18.4 Å². The fourth-order valence-corrected chi connectivity index (χ4v) is 6.13. The molecule has 0 unspecified atom stereocenters. The number of aliphatic hydroxyl groups is 1. The van der Waals surface area contributed by atoms with Crippen molar-refractivity contribution in [2.24, 2.45) is 13.0 Å². The van der Waals surface area contributed by atoms with E-state index in [4.69, 9.17) is 0 Å². The van der Waals surface area contributed by atoms with E-state index in [0.717, 1.165) is 25.9 Å². The van der Waals surface area contributed by atoms with Crippen molar-refractivity contribution in [2.75, 3.05) is 13.1 Å². The van der Waals surface area contributed by atoms with Crippen LogP contribution in [-0.4, -0.2) is 49.2 Å². The number of aromatic nitrogens is 3. The fraction of sp³-hybridized carbons (Fsp3) is 0.385. The molecule has 1 aliphatic heterocycles. The number of carbonyl (C=O) groups excluding carboxylic acids is 1. The molecule has 0 radical (unpaired) electrons. The third kappa shape index (κ3) is 4.08. The van der Waals surface area contributed by atoms with Crippen LogP contribution >= 0.6 is 11.3 Å². The molecule has 1 fully saturated rings. The Bertz CT molecular complexity index is 1560. The normalized spacial score (nSPS) is 16.1. The van der Waals surface area contributed by atoms with Gasteiger partial charge < -0.3 is 10.0 Å². The van der Waals surface area contributed by atoms with Gasteiger partial charge in [-0.25, -0.2) is 4.79 Å². The smallest absolute Gasteiger partial charge is 0.331 e. The highest BCUT2D eigenvalue weighted by molar-refractivity contribution is 7.19. The van der Waals surface area contributed by atoms with Gasteiger partial charge in [-0.1, -0.05) is 32.0 Å². The molecule has 1 aromatic carbocycles. The first kappa shape index (κ1) is 23.4. The molecule has 35 heavy (non-hydrogen) atoms. The molecule has 1 amide bonds. The average Bonchev–Trinajstić information content (AvgIpc) is 3.44. The number of carbonyl (C=O) groups is 1. The van der Waals surface area contributed by atoms with Crippen LogP contribution in [0, 0.1) is 5.92 Å². The fourth-order valence-electron chi connectivity index (χ4n) is 4.82. The van der Waals surface area contributed by atoms with Crippen molar-refractivity contribution >= 4 is 38.4 Å². The van der Waals surface area contributed by atoms with Crippen LogP contribution in [0.3, 0.4) is 0 Å². The molecular weight excluding hydrogens is 464 g/mol. The van der Waals surface area contributed by atoms with Crippen LogP contribution in [0.5, 0.6) is 0 Å². The predicted molar refractivity (Wildman–Crippen MR) is 137 cm³/mol. The third-order valence-corrected chi connectivity index (χ3v) is 7.76. The van der Waals surface area contributed by atoms with Crippen LogP contribution in [0.25, 0.3) is 21.1 Å². The number of β-amino-alcohol motifs (C(OH)–C–C–N with tert-alkyl or cyclic N) is 1. The van der Waals surface area contributed by atoms with Crippen LogP contribution in [0.15, 0.2) is 46.1 Å². The number of hydrogen-bond donors (Lipinski definition) is 1. The standard InChI is InChI=1S/C26H28N4O4S/c1-15(2)13-30-25-22(23(32)28(3)26(30)34)21(24(33)29-11-9-17(31)14-29)20(35-25)12-16-8-10-27-19-7-5-4-6-18(16)19/h4-8,10,15,17,31H,9,11-14H2,1-3H3/t17-/m1/s1. The molecule has 0 saturated carbocycles. The van der Waals surface area contributed by atoms with Crippen molar-refractivity contribution < 1.29 is 9.90 Å². The average molecular weight is 493 g/mol. The highest BCUT2D eigenvalue weighted by Crippen LogP contribution is 2.34. The van der Waals surface area contributed by atoms with Crippen molar-refractivity contribution in [1.82, 2.24) is 19.0 Å². The summed E-state index contributed by atoms with van der Waals surface area (Å²) in [6, 6.07) is 9.75. The number of amides is 1. The molecule has 5 rings (SSSR count). The Hall–Kier alpha value is -3.30. The van der Waals surface area contributed by atoms with Gasteiger partial charge in [0.15, 0.2) is 0 Å². The van der Waals surface area contributed by atoms with E-state index in [-0.39, 0.29) is 29.4 Å². The third-order valence-electron chi connectivity index (χ3n) is 6.55. The summed E-state index contributed by atoms with van der Waals surface area (Å²) in [6.07, 6.45) is 2.11. The molecule has 182 valence electrons. The molecule has 0 bridgehead atoms. The molecule has 0 spiro atoms. The number of likely N-dealkylation sites (tertiary alicyclic amines) is 1. The zero-order valence-electron chi connectivity index (χ0n) is 20.0. The number of benzene rings is 1. The van der Waals surface area contributed by atoms with Gasteiger partial charge in [-0.2, -0.15) is 0 Å². The van der Waals surface area contributed by atoms with Crippen molar-refractivity contribution in [1.29, 1.82) is 0 Å². The minimum absolute atomic E-state index is 0.177. The molecular formula is C26H28N4O4S. The lowest BCUT2D eigenvalue weighted by molar-refractivity contribution is 0.0766. The second-order valence-electron chi connectivity index (χ2n) is 9.59. The second kappa shape index (κ2) is 9.05. The molecule has 1 N–H and O–H groups in total. The largest absolute Gasteiger partial charge is 0.391 e. The van der Waals surface area contributed by atoms with E-state index in [1.54, 1.807) is 15.7 Å². The molecule has 1 aliphatic rings. The van der Waals surface area contributed by atoms with Crippen LogP contribution in [0.2, 0.25) is 0 Å². The molecule has 0 aliphatic carbocycles. The number of thiophene rings is 1. The number of nitrogens with zero attached hydrogens (tertiary/aromatic N) is 4. The molecule has 9 heteroatoms. The monoisotopic (exact) mass is 492 g/mol. The van der Waals surface area contributed by atoms with Gasteiger partial charge in [0.25, 0.3) is 11.5 Å². The zero-order chi connectivity index (χ0) is 24.9. The number of para-hydroxylation sites is 1. The summed E-state index contributed by atoms with van der Waals surface area (Å²) in [6.45, 7) is 5.13.